The first-order chi connectivity index (χ1) is 9.42. The monoisotopic (exact) mass is 285 g/mol. The van der Waals surface area contributed by atoms with Crippen molar-refractivity contribution in [3.63, 3.8) is 0 Å². The summed E-state index contributed by atoms with van der Waals surface area (Å²) in [4.78, 5) is 13.0. The van der Waals surface area contributed by atoms with E-state index in [2.05, 4.69) is 4.74 Å². The maximum absolute atomic E-state index is 14.1. The van der Waals surface area contributed by atoms with Gasteiger partial charge in [0.1, 0.15) is 11.6 Å². The first-order valence-electron chi connectivity index (χ1n) is 6.40. The molecule has 0 unspecified atom stereocenters. The van der Waals surface area contributed by atoms with E-state index in [9.17, 15) is 13.6 Å². The number of nitrogens with zero attached hydrogens (tertiary/aromatic N) is 1. The number of anilines is 1. The molecule has 0 spiro atoms. The minimum absolute atomic E-state index is 0.0681. The Labute approximate surface area is 116 Å². The van der Waals surface area contributed by atoms with E-state index in [1.807, 2.05) is 13.8 Å². The highest BCUT2D eigenvalue weighted by atomic mass is 19.1. The predicted octanol–water partition coefficient (Wildman–Crippen LogP) is 2.37. The van der Waals surface area contributed by atoms with Crippen LogP contribution in [0.1, 0.15) is 24.2 Å². The average molecular weight is 285 g/mol. The second-order valence-corrected chi connectivity index (χ2v) is 4.94. The number of ether oxygens (including phenoxy) is 2. The second kappa shape index (κ2) is 5.75. The lowest BCUT2D eigenvalue weighted by Crippen LogP contribution is -2.45. The van der Waals surface area contributed by atoms with Crippen molar-refractivity contribution in [2.75, 3.05) is 25.1 Å². The highest BCUT2D eigenvalue weighted by Crippen LogP contribution is 2.26. The summed E-state index contributed by atoms with van der Waals surface area (Å²) in [6.07, 6.45) is -0.136. The van der Waals surface area contributed by atoms with Crippen molar-refractivity contribution in [1.29, 1.82) is 0 Å². The van der Waals surface area contributed by atoms with E-state index in [1.54, 1.807) is 4.90 Å². The van der Waals surface area contributed by atoms with Crippen molar-refractivity contribution in [2.45, 2.75) is 26.1 Å². The van der Waals surface area contributed by atoms with Crippen LogP contribution in [-0.4, -0.2) is 38.4 Å². The summed E-state index contributed by atoms with van der Waals surface area (Å²) in [6.45, 7) is 4.69. The molecule has 1 aromatic carbocycles. The molecule has 2 rings (SSSR count). The molecule has 0 N–H and O–H groups in total. The van der Waals surface area contributed by atoms with Crippen LogP contribution in [0.4, 0.5) is 14.5 Å². The van der Waals surface area contributed by atoms with Gasteiger partial charge in [-0.2, -0.15) is 0 Å². The molecule has 0 saturated carbocycles. The third-order valence-corrected chi connectivity index (χ3v) is 3.20. The Morgan fingerprint density at radius 1 is 1.25 bits per heavy atom. The fourth-order valence-corrected chi connectivity index (χ4v) is 2.42. The van der Waals surface area contributed by atoms with Crippen LogP contribution in [0, 0.1) is 11.6 Å². The molecule has 1 aliphatic rings. The Bertz CT molecular complexity index is 511. The zero-order valence-corrected chi connectivity index (χ0v) is 11.7. The van der Waals surface area contributed by atoms with E-state index in [-0.39, 0.29) is 17.9 Å². The van der Waals surface area contributed by atoms with E-state index in [0.717, 1.165) is 19.2 Å². The Kier molecular flexibility index (Phi) is 4.23. The number of benzene rings is 1. The number of esters is 1. The zero-order valence-electron chi connectivity index (χ0n) is 11.7. The summed E-state index contributed by atoms with van der Waals surface area (Å²) in [5.41, 5.74) is -0.264. The van der Waals surface area contributed by atoms with Gasteiger partial charge in [0.2, 0.25) is 0 Å². The molecule has 1 aromatic rings. The number of carbonyl (C=O) groups excluding carboxylic acids is 1. The van der Waals surface area contributed by atoms with Gasteiger partial charge in [-0.15, -0.1) is 0 Å². The van der Waals surface area contributed by atoms with Crippen molar-refractivity contribution < 1.29 is 23.0 Å². The van der Waals surface area contributed by atoms with Gasteiger partial charge >= 0.3 is 5.97 Å². The van der Waals surface area contributed by atoms with E-state index >= 15 is 0 Å². The number of morpholine rings is 1. The fraction of sp³-hybridized carbons (Fsp3) is 0.500. The Morgan fingerprint density at radius 3 is 2.40 bits per heavy atom. The normalized spacial score (nSPS) is 22.8. The molecule has 1 aliphatic heterocycles. The largest absolute Gasteiger partial charge is 0.465 e. The van der Waals surface area contributed by atoms with Crippen molar-refractivity contribution in [3.8, 4) is 0 Å². The number of methoxy groups -OCH3 is 1. The number of carbonyl (C=O) groups is 1. The van der Waals surface area contributed by atoms with E-state index < -0.39 is 23.2 Å². The molecule has 0 bridgehead atoms. The molecule has 0 amide bonds. The summed E-state index contributed by atoms with van der Waals surface area (Å²) in [5.74, 6) is -2.33. The molecule has 1 saturated heterocycles. The third kappa shape index (κ3) is 2.90. The van der Waals surface area contributed by atoms with Gasteiger partial charge in [0.15, 0.2) is 0 Å². The summed E-state index contributed by atoms with van der Waals surface area (Å²) in [6, 6.07) is 1.91. The molecule has 4 nitrogen and oxygen atoms in total. The lowest BCUT2D eigenvalue weighted by Gasteiger charge is -2.37. The quantitative estimate of drug-likeness (QED) is 0.782. The minimum atomic E-state index is -0.892. The minimum Gasteiger partial charge on any atom is -0.465 e. The molecule has 0 aromatic heterocycles. The van der Waals surface area contributed by atoms with Crippen LogP contribution in [0.3, 0.4) is 0 Å². The molecular formula is C14H17F2NO3. The van der Waals surface area contributed by atoms with Crippen molar-refractivity contribution in [1.82, 2.24) is 0 Å². The van der Waals surface area contributed by atoms with Crippen LogP contribution in [0.25, 0.3) is 0 Å². The van der Waals surface area contributed by atoms with Gasteiger partial charge in [-0.1, -0.05) is 0 Å². The SMILES string of the molecule is COC(=O)c1cc(F)c(N2C[C@@H](C)O[C@H](C)C2)cc1F. The fourth-order valence-electron chi connectivity index (χ4n) is 2.42. The maximum atomic E-state index is 14.1. The molecular weight excluding hydrogens is 268 g/mol. The first-order valence-corrected chi connectivity index (χ1v) is 6.40. The van der Waals surface area contributed by atoms with Crippen molar-refractivity contribution in [2.24, 2.45) is 0 Å². The first kappa shape index (κ1) is 14.7. The lowest BCUT2D eigenvalue weighted by atomic mass is 10.1. The zero-order chi connectivity index (χ0) is 14.9. The van der Waals surface area contributed by atoms with E-state index in [4.69, 9.17) is 4.74 Å². The van der Waals surface area contributed by atoms with Crippen LogP contribution in [0.15, 0.2) is 12.1 Å². The summed E-state index contributed by atoms with van der Waals surface area (Å²) in [7, 11) is 1.12. The highest BCUT2D eigenvalue weighted by Gasteiger charge is 2.26. The van der Waals surface area contributed by atoms with Crippen molar-refractivity contribution >= 4 is 11.7 Å². The molecule has 20 heavy (non-hydrogen) atoms. The number of hydrogen-bond acceptors (Lipinski definition) is 4. The van der Waals surface area contributed by atoms with Crippen molar-refractivity contribution in [3.05, 3.63) is 29.3 Å². The average Bonchev–Trinajstić information content (AvgIpc) is 2.39. The van der Waals surface area contributed by atoms with Crippen LogP contribution in [-0.2, 0) is 9.47 Å². The summed E-state index contributed by atoms with van der Waals surface area (Å²) < 4.78 is 38.0. The molecule has 110 valence electrons. The van der Waals surface area contributed by atoms with Gasteiger partial charge in [0.05, 0.1) is 30.6 Å². The smallest absolute Gasteiger partial charge is 0.340 e. The van der Waals surface area contributed by atoms with Gasteiger partial charge in [-0.3, -0.25) is 0 Å². The second-order valence-electron chi connectivity index (χ2n) is 4.94. The Balaban J connectivity index is 2.33. The summed E-state index contributed by atoms with van der Waals surface area (Å²) in [5, 5.41) is 0. The van der Waals surface area contributed by atoms with Crippen LogP contribution >= 0.6 is 0 Å². The Morgan fingerprint density at radius 2 is 1.85 bits per heavy atom. The van der Waals surface area contributed by atoms with Gasteiger partial charge in [0, 0.05) is 19.2 Å². The highest BCUT2D eigenvalue weighted by molar-refractivity contribution is 5.90. The van der Waals surface area contributed by atoms with Gasteiger partial charge in [0.25, 0.3) is 0 Å². The number of rotatable bonds is 2. The van der Waals surface area contributed by atoms with E-state index in [1.165, 1.54) is 0 Å². The third-order valence-electron chi connectivity index (χ3n) is 3.20. The Hall–Kier alpha value is -1.69. The van der Waals surface area contributed by atoms with Gasteiger partial charge in [-0.05, 0) is 19.9 Å². The molecule has 1 fully saturated rings. The topological polar surface area (TPSA) is 38.8 Å². The molecule has 0 radical (unpaired) electrons. The molecule has 1 heterocycles. The lowest BCUT2D eigenvalue weighted by molar-refractivity contribution is -0.00542. The number of hydrogen-bond donors (Lipinski definition) is 0. The van der Waals surface area contributed by atoms with Gasteiger partial charge < -0.3 is 14.4 Å². The van der Waals surface area contributed by atoms with Crippen LogP contribution < -0.4 is 4.90 Å². The molecule has 2 atom stereocenters. The van der Waals surface area contributed by atoms with Crippen LogP contribution in [0.2, 0.25) is 0 Å². The predicted molar refractivity (Wildman–Crippen MR) is 69.9 cm³/mol. The van der Waals surface area contributed by atoms with Crippen LogP contribution in [0.5, 0.6) is 0 Å². The van der Waals surface area contributed by atoms with E-state index in [0.29, 0.717) is 13.1 Å². The number of halogens is 2. The molecule has 6 heteroatoms. The molecule has 0 aliphatic carbocycles. The van der Waals surface area contributed by atoms with Gasteiger partial charge in [-0.25, -0.2) is 13.6 Å². The standard InChI is InChI=1S/C14H17F2NO3/c1-8-6-17(7-9(2)20-8)13-5-11(15)10(4-12(13)16)14(18)19-3/h4-5,8-9H,6-7H2,1-3H3/t8-,9-/m1/s1. The summed E-state index contributed by atoms with van der Waals surface area (Å²) >= 11 is 0. The maximum Gasteiger partial charge on any atom is 0.340 e.